The van der Waals surface area contributed by atoms with E-state index in [4.69, 9.17) is 17.3 Å². The van der Waals surface area contributed by atoms with Crippen LogP contribution in [0.5, 0.6) is 0 Å². The van der Waals surface area contributed by atoms with Crippen molar-refractivity contribution >= 4 is 23.0 Å². The first-order chi connectivity index (χ1) is 6.77. The van der Waals surface area contributed by atoms with Gasteiger partial charge in [0.2, 0.25) is 0 Å². The van der Waals surface area contributed by atoms with Gasteiger partial charge >= 0.3 is 0 Å². The van der Waals surface area contributed by atoms with Crippen molar-refractivity contribution in [2.45, 2.75) is 5.38 Å². The zero-order valence-electron chi connectivity index (χ0n) is 7.70. The molecule has 3 N–H and O–H groups in total. The molecule has 2 heterocycles. The van der Waals surface area contributed by atoms with Crippen molar-refractivity contribution in [1.82, 2.24) is 10.3 Å². The molecule has 3 nitrogen and oxygen atoms in total. The Labute approximate surface area is 88.0 Å². The van der Waals surface area contributed by atoms with E-state index in [0.29, 0.717) is 5.82 Å². The van der Waals surface area contributed by atoms with Gasteiger partial charge in [-0.2, -0.15) is 0 Å². The maximum Gasteiger partial charge on any atom is 0.130 e. The number of pyridine rings is 1. The van der Waals surface area contributed by atoms with Gasteiger partial charge < -0.3 is 11.1 Å². The van der Waals surface area contributed by atoms with Gasteiger partial charge in [0.15, 0.2) is 0 Å². The van der Waals surface area contributed by atoms with Crippen molar-refractivity contribution in [1.29, 1.82) is 0 Å². The first kappa shape index (κ1) is 9.49. The summed E-state index contributed by atoms with van der Waals surface area (Å²) < 4.78 is 0. The number of nitrogen functional groups attached to an aromatic ring is 1. The highest BCUT2D eigenvalue weighted by Crippen LogP contribution is 2.22. The van der Waals surface area contributed by atoms with Crippen LogP contribution in [0.15, 0.2) is 24.4 Å². The molecule has 1 aromatic heterocycles. The summed E-state index contributed by atoms with van der Waals surface area (Å²) in [6.07, 6.45) is 3.72. The van der Waals surface area contributed by atoms with Crippen LogP contribution in [0.1, 0.15) is 5.56 Å². The van der Waals surface area contributed by atoms with E-state index in [9.17, 15) is 0 Å². The molecule has 1 atom stereocenters. The summed E-state index contributed by atoms with van der Waals surface area (Å²) in [6, 6.07) is 3.84. The predicted octanol–water partition coefficient (Wildman–Crippen LogP) is 1.26. The fourth-order valence-electron chi connectivity index (χ4n) is 1.55. The summed E-state index contributed by atoms with van der Waals surface area (Å²) in [7, 11) is 0. The average Bonchev–Trinajstić information content (AvgIpc) is 2.18. The number of anilines is 1. The Morgan fingerprint density at radius 2 is 2.43 bits per heavy atom. The second-order valence-electron chi connectivity index (χ2n) is 3.28. The quantitative estimate of drug-likeness (QED) is 0.685. The van der Waals surface area contributed by atoms with E-state index in [-0.39, 0.29) is 5.38 Å². The second kappa shape index (κ2) is 3.98. The smallest absolute Gasteiger partial charge is 0.130 e. The van der Waals surface area contributed by atoms with Crippen molar-refractivity contribution in [2.24, 2.45) is 0 Å². The third kappa shape index (κ3) is 1.89. The SMILES string of the molecule is Nc1ncccc1C1=CC(Cl)CNC1. The fourth-order valence-corrected chi connectivity index (χ4v) is 1.82. The summed E-state index contributed by atoms with van der Waals surface area (Å²) in [5.74, 6) is 0.561. The van der Waals surface area contributed by atoms with Crippen LogP contribution >= 0.6 is 11.6 Å². The molecule has 2 rings (SSSR count). The van der Waals surface area contributed by atoms with Crippen molar-refractivity contribution in [3.05, 3.63) is 30.0 Å². The van der Waals surface area contributed by atoms with E-state index in [1.54, 1.807) is 6.20 Å². The number of alkyl halides is 1. The van der Waals surface area contributed by atoms with Gasteiger partial charge in [0, 0.05) is 24.8 Å². The van der Waals surface area contributed by atoms with Crippen LogP contribution in [0.4, 0.5) is 5.82 Å². The Morgan fingerprint density at radius 3 is 3.14 bits per heavy atom. The van der Waals surface area contributed by atoms with Crippen LogP contribution in [-0.4, -0.2) is 23.5 Å². The van der Waals surface area contributed by atoms with Crippen LogP contribution in [0.25, 0.3) is 5.57 Å². The molecular formula is C10H12ClN3. The molecule has 1 aliphatic rings. The Hall–Kier alpha value is -1.06. The number of nitrogens with one attached hydrogen (secondary N) is 1. The number of hydrogen-bond acceptors (Lipinski definition) is 3. The topological polar surface area (TPSA) is 50.9 Å². The summed E-state index contributed by atoms with van der Waals surface area (Å²) in [4.78, 5) is 4.05. The molecule has 1 aromatic rings. The zero-order chi connectivity index (χ0) is 9.97. The summed E-state index contributed by atoms with van der Waals surface area (Å²) >= 11 is 6.01. The van der Waals surface area contributed by atoms with Gasteiger partial charge in [-0.05, 0) is 17.7 Å². The first-order valence-corrected chi connectivity index (χ1v) is 4.97. The molecule has 0 bridgehead atoms. The minimum absolute atomic E-state index is 0.0401. The monoisotopic (exact) mass is 209 g/mol. The molecule has 0 spiro atoms. The van der Waals surface area contributed by atoms with Crippen LogP contribution in [-0.2, 0) is 0 Å². The minimum atomic E-state index is 0.0401. The maximum absolute atomic E-state index is 6.01. The lowest BCUT2D eigenvalue weighted by Crippen LogP contribution is -2.29. The van der Waals surface area contributed by atoms with Crippen LogP contribution in [0.2, 0.25) is 0 Å². The van der Waals surface area contributed by atoms with Gasteiger partial charge in [-0.15, -0.1) is 11.6 Å². The van der Waals surface area contributed by atoms with Crippen LogP contribution in [0.3, 0.4) is 0 Å². The fraction of sp³-hybridized carbons (Fsp3) is 0.300. The molecule has 1 unspecified atom stereocenters. The van der Waals surface area contributed by atoms with Crippen molar-refractivity contribution < 1.29 is 0 Å². The van der Waals surface area contributed by atoms with Crippen molar-refractivity contribution in [3.8, 4) is 0 Å². The predicted molar refractivity (Wildman–Crippen MR) is 59.1 cm³/mol. The summed E-state index contributed by atoms with van der Waals surface area (Å²) in [5, 5.41) is 3.27. The molecule has 0 aliphatic carbocycles. The van der Waals surface area contributed by atoms with E-state index in [2.05, 4.69) is 10.3 Å². The van der Waals surface area contributed by atoms with E-state index in [0.717, 1.165) is 24.2 Å². The second-order valence-corrected chi connectivity index (χ2v) is 3.84. The number of halogens is 1. The van der Waals surface area contributed by atoms with Gasteiger partial charge in [-0.25, -0.2) is 4.98 Å². The molecule has 0 saturated heterocycles. The van der Waals surface area contributed by atoms with Gasteiger partial charge in [0.1, 0.15) is 5.82 Å². The van der Waals surface area contributed by atoms with E-state index >= 15 is 0 Å². The molecule has 0 radical (unpaired) electrons. The van der Waals surface area contributed by atoms with Gasteiger partial charge in [-0.1, -0.05) is 6.08 Å². The molecule has 14 heavy (non-hydrogen) atoms. The standard InChI is InChI=1S/C10H12ClN3/c11-8-4-7(5-13-6-8)9-2-1-3-14-10(9)12/h1-4,8,13H,5-6H2,(H2,12,14). The highest BCUT2D eigenvalue weighted by molar-refractivity contribution is 6.22. The number of nitrogens with zero attached hydrogens (tertiary/aromatic N) is 1. The lowest BCUT2D eigenvalue weighted by molar-refractivity contribution is 0.744. The number of hydrogen-bond donors (Lipinski definition) is 2. The molecule has 0 amide bonds. The zero-order valence-corrected chi connectivity index (χ0v) is 8.46. The summed E-state index contributed by atoms with van der Waals surface area (Å²) in [5.41, 5.74) is 7.88. The molecule has 74 valence electrons. The lowest BCUT2D eigenvalue weighted by Gasteiger charge is -2.18. The van der Waals surface area contributed by atoms with Crippen molar-refractivity contribution in [3.63, 3.8) is 0 Å². The maximum atomic E-state index is 6.01. The molecule has 1 aliphatic heterocycles. The molecule has 0 fully saturated rings. The highest BCUT2D eigenvalue weighted by atomic mass is 35.5. The number of nitrogens with two attached hydrogens (primary N) is 1. The largest absolute Gasteiger partial charge is 0.383 e. The summed E-state index contributed by atoms with van der Waals surface area (Å²) in [6.45, 7) is 1.62. The van der Waals surface area contributed by atoms with Crippen LogP contribution in [0, 0.1) is 0 Å². The van der Waals surface area contributed by atoms with Gasteiger partial charge in [-0.3, -0.25) is 0 Å². The lowest BCUT2D eigenvalue weighted by atomic mass is 10.0. The Morgan fingerprint density at radius 1 is 1.57 bits per heavy atom. The van der Waals surface area contributed by atoms with Crippen LogP contribution < -0.4 is 11.1 Å². The average molecular weight is 210 g/mol. The number of rotatable bonds is 1. The Bertz CT molecular complexity index is 362. The van der Waals surface area contributed by atoms with Crippen molar-refractivity contribution in [2.75, 3.05) is 18.8 Å². The number of aromatic nitrogens is 1. The first-order valence-electron chi connectivity index (χ1n) is 4.53. The third-order valence-electron chi connectivity index (χ3n) is 2.22. The normalized spacial score (nSPS) is 21.8. The highest BCUT2D eigenvalue weighted by Gasteiger charge is 2.13. The van der Waals surface area contributed by atoms with E-state index in [1.807, 2.05) is 18.2 Å². The Kier molecular flexibility index (Phi) is 2.70. The van der Waals surface area contributed by atoms with Gasteiger partial charge in [0.25, 0.3) is 0 Å². The van der Waals surface area contributed by atoms with E-state index < -0.39 is 0 Å². The van der Waals surface area contributed by atoms with Gasteiger partial charge in [0.05, 0.1) is 5.38 Å². The Balaban J connectivity index is 2.35. The minimum Gasteiger partial charge on any atom is -0.383 e. The third-order valence-corrected chi connectivity index (χ3v) is 2.50. The molecule has 0 aromatic carbocycles. The molecule has 0 saturated carbocycles. The van der Waals surface area contributed by atoms with E-state index in [1.165, 1.54) is 0 Å². The molecular weight excluding hydrogens is 198 g/mol. The molecule has 4 heteroatoms.